The highest BCUT2D eigenvalue weighted by Crippen LogP contribution is 2.23. The van der Waals surface area contributed by atoms with Gasteiger partial charge in [0.05, 0.1) is 6.54 Å². The fourth-order valence-corrected chi connectivity index (χ4v) is 2.71. The molecule has 1 aliphatic rings. The third-order valence-corrected chi connectivity index (χ3v) is 3.93. The summed E-state index contributed by atoms with van der Waals surface area (Å²) in [6.45, 7) is 16.0. The molecule has 2 rings (SSSR count). The molecule has 6 nitrogen and oxygen atoms in total. The van der Waals surface area contributed by atoms with Gasteiger partial charge in [-0.1, -0.05) is 90.1 Å². The summed E-state index contributed by atoms with van der Waals surface area (Å²) in [6.07, 6.45) is 6.87. The van der Waals surface area contributed by atoms with Gasteiger partial charge in [0.2, 0.25) is 5.96 Å². The second-order valence-corrected chi connectivity index (χ2v) is 6.85. The highest BCUT2D eigenvalue weighted by atomic mass is 16.2. The van der Waals surface area contributed by atoms with E-state index in [2.05, 4.69) is 30.4 Å². The van der Waals surface area contributed by atoms with Gasteiger partial charge in [-0.2, -0.15) is 4.99 Å². The van der Waals surface area contributed by atoms with Crippen LogP contribution in [-0.2, 0) is 11.3 Å². The number of hydrogen-bond acceptors (Lipinski definition) is 3. The minimum Gasteiger partial charge on any atom is -0.405 e. The number of carbonyl (C=O) groups is 1. The summed E-state index contributed by atoms with van der Waals surface area (Å²) in [7, 11) is 0. The van der Waals surface area contributed by atoms with Gasteiger partial charge in [0, 0.05) is 23.6 Å². The molecule has 1 aliphatic heterocycles. The quantitative estimate of drug-likeness (QED) is 0.504. The van der Waals surface area contributed by atoms with Crippen molar-refractivity contribution in [3.63, 3.8) is 0 Å². The molecule has 0 saturated heterocycles. The number of amidine groups is 1. The Hall–Kier alpha value is -3.15. The molecule has 0 radical (unpaired) electrons. The number of aliphatic imine (C=N–C) groups is 2. The van der Waals surface area contributed by atoms with E-state index in [1.165, 1.54) is 12.6 Å². The maximum Gasteiger partial charge on any atom is 0.255 e. The van der Waals surface area contributed by atoms with Crippen LogP contribution in [0.2, 0.25) is 0 Å². The van der Waals surface area contributed by atoms with E-state index in [-0.39, 0.29) is 17.8 Å². The first kappa shape index (κ1) is 27.8. The summed E-state index contributed by atoms with van der Waals surface area (Å²) < 4.78 is 0. The van der Waals surface area contributed by atoms with E-state index in [0.29, 0.717) is 30.1 Å². The maximum atomic E-state index is 13.1. The SMILES string of the molecule is C=C(C)N=C(N)/N=C1\CC=C(C(C)/C=C\N)C(=O)N1Cc1ccccc1.CC.CCC. The van der Waals surface area contributed by atoms with Crippen LogP contribution in [-0.4, -0.2) is 22.6 Å². The zero-order valence-corrected chi connectivity index (χ0v) is 19.9. The standard InChI is InChI=1S/C20H25N5O.C3H8.C2H6/c1-14(2)23-20(22)24-18-10-9-17(15(3)11-12-21)19(26)25(18)13-16-7-5-4-6-8-16;1-3-2;1-2/h4-9,11-12,15H,1,10,13,21H2,2-3H3,(H2,22,23);3H2,1-2H3;1-2H3/b12-11-,24-18+;;. The monoisotopic (exact) mass is 425 g/mol. The number of carbonyl (C=O) groups excluding carboxylic acids is 1. The van der Waals surface area contributed by atoms with Crippen molar-refractivity contribution in [2.24, 2.45) is 27.4 Å². The van der Waals surface area contributed by atoms with Crippen LogP contribution in [0.25, 0.3) is 0 Å². The van der Waals surface area contributed by atoms with Gasteiger partial charge >= 0.3 is 0 Å². The molecule has 170 valence electrons. The summed E-state index contributed by atoms with van der Waals surface area (Å²) in [5.41, 5.74) is 13.6. The van der Waals surface area contributed by atoms with E-state index >= 15 is 0 Å². The maximum absolute atomic E-state index is 13.1. The zero-order valence-electron chi connectivity index (χ0n) is 19.9. The molecule has 0 bridgehead atoms. The van der Waals surface area contributed by atoms with Crippen molar-refractivity contribution in [2.75, 3.05) is 0 Å². The average Bonchev–Trinajstić information content (AvgIpc) is 2.73. The van der Waals surface area contributed by atoms with Crippen molar-refractivity contribution in [3.8, 4) is 0 Å². The van der Waals surface area contributed by atoms with Crippen molar-refractivity contribution >= 4 is 17.7 Å². The number of rotatable bonds is 5. The van der Waals surface area contributed by atoms with Crippen molar-refractivity contribution in [1.82, 2.24) is 4.90 Å². The van der Waals surface area contributed by atoms with Crippen molar-refractivity contribution in [2.45, 2.75) is 60.9 Å². The molecule has 4 N–H and O–H groups in total. The molecular formula is C25H39N5O. The third-order valence-electron chi connectivity index (χ3n) is 3.93. The lowest BCUT2D eigenvalue weighted by Gasteiger charge is -2.30. The van der Waals surface area contributed by atoms with Crippen molar-refractivity contribution in [3.05, 3.63) is 72.1 Å². The molecule has 1 aromatic rings. The van der Waals surface area contributed by atoms with Gasteiger partial charge in [-0.15, -0.1) is 0 Å². The number of allylic oxidation sites excluding steroid dienone is 2. The molecule has 0 aromatic heterocycles. The first-order valence-corrected chi connectivity index (χ1v) is 10.8. The summed E-state index contributed by atoms with van der Waals surface area (Å²) in [6, 6.07) is 9.75. The highest BCUT2D eigenvalue weighted by Gasteiger charge is 2.29. The van der Waals surface area contributed by atoms with Gasteiger partial charge < -0.3 is 11.5 Å². The first-order chi connectivity index (χ1) is 14.8. The van der Waals surface area contributed by atoms with Gasteiger partial charge in [0.15, 0.2) is 0 Å². The van der Waals surface area contributed by atoms with Gasteiger partial charge in [-0.25, -0.2) is 4.99 Å². The van der Waals surface area contributed by atoms with E-state index < -0.39 is 0 Å². The van der Waals surface area contributed by atoms with Crippen LogP contribution in [0, 0.1) is 5.92 Å². The van der Waals surface area contributed by atoms with Crippen LogP contribution >= 0.6 is 0 Å². The van der Waals surface area contributed by atoms with Crippen LogP contribution in [0.4, 0.5) is 0 Å². The molecule has 0 fully saturated rings. The molecule has 1 unspecified atom stereocenters. The summed E-state index contributed by atoms with van der Waals surface area (Å²) >= 11 is 0. The van der Waals surface area contributed by atoms with Gasteiger partial charge in [-0.05, 0) is 18.7 Å². The van der Waals surface area contributed by atoms with Crippen LogP contribution in [0.3, 0.4) is 0 Å². The number of amides is 1. The van der Waals surface area contributed by atoms with E-state index in [1.54, 1.807) is 17.9 Å². The molecular weight excluding hydrogens is 386 g/mol. The predicted octanol–water partition coefficient (Wildman–Crippen LogP) is 5.14. The normalized spacial score (nSPS) is 16.1. The lowest BCUT2D eigenvalue weighted by Crippen LogP contribution is -2.41. The Bertz CT molecular complexity index is 806. The molecule has 31 heavy (non-hydrogen) atoms. The Labute approximate surface area is 188 Å². The number of hydrogen-bond donors (Lipinski definition) is 2. The molecule has 0 saturated carbocycles. The molecule has 0 spiro atoms. The van der Waals surface area contributed by atoms with Gasteiger partial charge in [-0.3, -0.25) is 9.69 Å². The van der Waals surface area contributed by atoms with Crippen molar-refractivity contribution < 1.29 is 4.79 Å². The Morgan fingerprint density at radius 2 is 1.84 bits per heavy atom. The number of nitrogens with zero attached hydrogens (tertiary/aromatic N) is 3. The topological polar surface area (TPSA) is 97.1 Å². The third kappa shape index (κ3) is 9.94. The highest BCUT2D eigenvalue weighted by molar-refractivity contribution is 6.12. The van der Waals surface area contributed by atoms with E-state index in [4.69, 9.17) is 11.5 Å². The largest absolute Gasteiger partial charge is 0.405 e. The Balaban J connectivity index is 0.00000165. The second-order valence-electron chi connectivity index (χ2n) is 6.85. The van der Waals surface area contributed by atoms with Crippen molar-refractivity contribution in [1.29, 1.82) is 0 Å². The van der Waals surface area contributed by atoms with E-state index in [1.807, 2.05) is 57.2 Å². The minimum atomic E-state index is -0.104. The molecule has 6 heteroatoms. The average molecular weight is 426 g/mol. The van der Waals surface area contributed by atoms with Crippen LogP contribution < -0.4 is 11.5 Å². The number of nitrogens with two attached hydrogens (primary N) is 2. The number of benzene rings is 1. The van der Waals surface area contributed by atoms with E-state index in [9.17, 15) is 4.79 Å². The van der Waals surface area contributed by atoms with Crippen LogP contribution in [0.5, 0.6) is 0 Å². The second kappa shape index (κ2) is 15.7. The number of guanidine groups is 1. The molecule has 1 heterocycles. The lowest BCUT2D eigenvalue weighted by molar-refractivity contribution is -0.124. The summed E-state index contributed by atoms with van der Waals surface area (Å²) in [5.74, 6) is 0.473. The summed E-state index contributed by atoms with van der Waals surface area (Å²) in [5, 5.41) is 0. The molecule has 1 atom stereocenters. The van der Waals surface area contributed by atoms with Gasteiger partial charge in [0.25, 0.3) is 5.91 Å². The summed E-state index contributed by atoms with van der Waals surface area (Å²) in [4.78, 5) is 23.1. The molecule has 1 amide bonds. The fourth-order valence-electron chi connectivity index (χ4n) is 2.71. The minimum absolute atomic E-state index is 0.0752. The van der Waals surface area contributed by atoms with Gasteiger partial charge in [0.1, 0.15) is 5.84 Å². The first-order valence-electron chi connectivity index (χ1n) is 10.8. The Morgan fingerprint density at radius 3 is 2.35 bits per heavy atom. The van der Waals surface area contributed by atoms with Crippen LogP contribution in [0.1, 0.15) is 59.9 Å². The Morgan fingerprint density at radius 1 is 1.26 bits per heavy atom. The molecule has 1 aromatic carbocycles. The Kier molecular flexibility index (Phi) is 14.1. The van der Waals surface area contributed by atoms with E-state index in [0.717, 1.165) is 5.56 Å². The molecule has 0 aliphatic carbocycles. The van der Waals surface area contributed by atoms with Crippen LogP contribution in [0.15, 0.2) is 76.5 Å². The smallest absolute Gasteiger partial charge is 0.255 e. The lowest BCUT2D eigenvalue weighted by atomic mass is 9.95. The zero-order chi connectivity index (χ0) is 23.8. The fraction of sp³-hybridized carbons (Fsp3) is 0.400. The predicted molar refractivity (Wildman–Crippen MR) is 133 cm³/mol.